The van der Waals surface area contributed by atoms with E-state index in [0.717, 1.165) is 18.4 Å². The molecule has 2 aromatic carbocycles. The van der Waals surface area contributed by atoms with Gasteiger partial charge in [-0.05, 0) is 56.5 Å². The fourth-order valence-electron chi connectivity index (χ4n) is 5.59. The smallest absolute Gasteiger partial charge is 0.296 e. The predicted octanol–water partition coefficient (Wildman–Crippen LogP) is 3.13. The van der Waals surface area contributed by atoms with Gasteiger partial charge in [-0.2, -0.15) is 0 Å². The third-order valence-electron chi connectivity index (χ3n) is 7.20. The summed E-state index contributed by atoms with van der Waals surface area (Å²) in [6, 6.07) is 12.1. The summed E-state index contributed by atoms with van der Waals surface area (Å²) in [6.45, 7) is 4.66. The largest absolute Gasteiger partial charge is 0.507 e. The summed E-state index contributed by atoms with van der Waals surface area (Å²) in [6.07, 6.45) is 1.28. The summed E-state index contributed by atoms with van der Waals surface area (Å²) in [5, 5.41) is 11.5. The molecule has 0 bridgehead atoms. The molecular weight excluding hydrogens is 448 g/mol. The van der Waals surface area contributed by atoms with Crippen molar-refractivity contribution in [3.63, 3.8) is 0 Å². The molecule has 5 rings (SSSR count). The van der Waals surface area contributed by atoms with Crippen LogP contribution in [0.25, 0.3) is 5.76 Å². The molecule has 0 saturated carbocycles. The monoisotopic (exact) mass is 476 g/mol. The number of para-hydroxylation sites is 1. The number of hydrogen-bond donors (Lipinski definition) is 1. The van der Waals surface area contributed by atoms with Gasteiger partial charge in [0.15, 0.2) is 5.54 Å². The highest BCUT2D eigenvalue weighted by molar-refractivity contribution is 6.50. The molecule has 1 spiro atoms. The standard InChI is InChI=1S/C27H28N2O6/c1-4-28-20-10-6-5-9-19(20)27(26(28)33)22(23(30)17-11-12-21(34-3)16(2)14-17)24(31)25(32)29(27)15-18-8-7-13-35-18/h5-6,9-12,14,18,30H,4,7-8,13,15H2,1-3H3/b23-22+. The first kappa shape index (κ1) is 23.1. The SMILES string of the molecule is CCN1C(=O)C2(/C(=C(/O)c3ccc(OC)c(C)c3)C(=O)C(=O)N2CC2CCCO2)c2ccccc21. The van der Waals surface area contributed by atoms with Gasteiger partial charge in [0.05, 0.1) is 24.5 Å². The molecule has 3 aliphatic rings. The molecule has 0 aromatic heterocycles. The maximum atomic E-state index is 14.2. The average Bonchev–Trinajstić information content (AvgIpc) is 3.52. The Morgan fingerprint density at radius 2 is 1.97 bits per heavy atom. The topological polar surface area (TPSA) is 96.4 Å². The number of rotatable bonds is 5. The molecule has 0 radical (unpaired) electrons. The van der Waals surface area contributed by atoms with Crippen LogP contribution in [0.3, 0.4) is 0 Å². The highest BCUT2D eigenvalue weighted by Gasteiger charge is 2.67. The van der Waals surface area contributed by atoms with Crippen molar-refractivity contribution in [1.29, 1.82) is 0 Å². The number of ether oxygens (including phenoxy) is 2. The van der Waals surface area contributed by atoms with E-state index in [4.69, 9.17) is 9.47 Å². The molecule has 3 heterocycles. The van der Waals surface area contributed by atoms with Crippen LogP contribution in [0.4, 0.5) is 5.69 Å². The number of aryl methyl sites for hydroxylation is 1. The van der Waals surface area contributed by atoms with E-state index in [1.807, 2.05) is 19.9 Å². The number of aliphatic hydroxyl groups is 1. The lowest BCUT2D eigenvalue weighted by Crippen LogP contribution is -2.53. The van der Waals surface area contributed by atoms with Crippen LogP contribution in [0.15, 0.2) is 48.0 Å². The zero-order valence-electron chi connectivity index (χ0n) is 20.0. The van der Waals surface area contributed by atoms with Crippen LogP contribution in [0.1, 0.15) is 36.5 Å². The number of aliphatic hydroxyl groups excluding tert-OH is 1. The van der Waals surface area contributed by atoms with Gasteiger partial charge in [0, 0.05) is 30.8 Å². The van der Waals surface area contributed by atoms with Crippen molar-refractivity contribution in [1.82, 2.24) is 4.90 Å². The van der Waals surface area contributed by atoms with E-state index in [1.54, 1.807) is 48.4 Å². The fraction of sp³-hybridized carbons (Fsp3) is 0.370. The van der Waals surface area contributed by atoms with Gasteiger partial charge in [-0.1, -0.05) is 18.2 Å². The Labute approximate surface area is 203 Å². The second kappa shape index (κ2) is 8.53. The van der Waals surface area contributed by atoms with Crippen molar-refractivity contribution < 1.29 is 29.0 Å². The minimum Gasteiger partial charge on any atom is -0.507 e. The number of carbonyl (C=O) groups is 3. The van der Waals surface area contributed by atoms with Crippen LogP contribution in [0, 0.1) is 6.92 Å². The van der Waals surface area contributed by atoms with Crippen molar-refractivity contribution in [3.05, 3.63) is 64.7 Å². The van der Waals surface area contributed by atoms with Crippen LogP contribution >= 0.6 is 0 Å². The van der Waals surface area contributed by atoms with Crippen LogP contribution in [0.5, 0.6) is 5.75 Å². The molecule has 35 heavy (non-hydrogen) atoms. The number of ketones is 1. The number of methoxy groups -OCH3 is 1. The first-order valence-electron chi connectivity index (χ1n) is 11.8. The Morgan fingerprint density at radius 3 is 2.63 bits per heavy atom. The summed E-state index contributed by atoms with van der Waals surface area (Å²) in [7, 11) is 1.55. The van der Waals surface area contributed by atoms with Crippen LogP contribution in [0.2, 0.25) is 0 Å². The molecule has 2 unspecified atom stereocenters. The maximum absolute atomic E-state index is 14.2. The Morgan fingerprint density at radius 1 is 1.20 bits per heavy atom. The molecule has 1 N–H and O–H groups in total. The number of carbonyl (C=O) groups excluding carboxylic acids is 3. The molecule has 2 saturated heterocycles. The maximum Gasteiger partial charge on any atom is 0.296 e. The van der Waals surface area contributed by atoms with Crippen LogP contribution in [-0.4, -0.2) is 60.5 Å². The first-order chi connectivity index (χ1) is 16.9. The van der Waals surface area contributed by atoms with Gasteiger partial charge in [-0.3, -0.25) is 14.4 Å². The van der Waals surface area contributed by atoms with E-state index in [-0.39, 0.29) is 24.0 Å². The van der Waals surface area contributed by atoms with Gasteiger partial charge < -0.3 is 24.4 Å². The number of nitrogens with zero attached hydrogens (tertiary/aromatic N) is 2. The number of benzene rings is 2. The second-order valence-corrected chi connectivity index (χ2v) is 9.06. The zero-order valence-corrected chi connectivity index (χ0v) is 20.0. The molecule has 8 nitrogen and oxygen atoms in total. The van der Waals surface area contributed by atoms with Gasteiger partial charge in [0.2, 0.25) is 0 Å². The molecular formula is C27H28N2O6. The third-order valence-corrected chi connectivity index (χ3v) is 7.20. The lowest BCUT2D eigenvalue weighted by Gasteiger charge is -2.35. The highest BCUT2D eigenvalue weighted by Crippen LogP contribution is 2.53. The fourth-order valence-corrected chi connectivity index (χ4v) is 5.59. The highest BCUT2D eigenvalue weighted by atomic mass is 16.5. The number of likely N-dealkylation sites (tertiary alicyclic amines) is 1. The number of Topliss-reactive ketones (excluding diaryl/α,β-unsaturated/α-hetero) is 1. The van der Waals surface area contributed by atoms with Crippen molar-refractivity contribution >= 4 is 29.0 Å². The Bertz CT molecular complexity index is 1260. The van der Waals surface area contributed by atoms with Crippen molar-refractivity contribution in [2.75, 3.05) is 31.7 Å². The predicted molar refractivity (Wildman–Crippen MR) is 129 cm³/mol. The summed E-state index contributed by atoms with van der Waals surface area (Å²) in [4.78, 5) is 44.2. The molecule has 2 amide bonds. The van der Waals surface area contributed by atoms with Gasteiger partial charge in [-0.25, -0.2) is 0 Å². The van der Waals surface area contributed by atoms with Crippen LogP contribution in [-0.2, 0) is 24.7 Å². The Kier molecular flexibility index (Phi) is 5.63. The Hall–Kier alpha value is -3.65. The van der Waals surface area contributed by atoms with Gasteiger partial charge in [0.25, 0.3) is 17.6 Å². The number of fused-ring (bicyclic) bond motifs is 2. The molecule has 2 fully saturated rings. The first-order valence-corrected chi connectivity index (χ1v) is 11.8. The van der Waals surface area contributed by atoms with E-state index in [0.29, 0.717) is 35.7 Å². The number of hydrogen-bond acceptors (Lipinski definition) is 6. The third kappa shape index (κ3) is 3.20. The summed E-state index contributed by atoms with van der Waals surface area (Å²) in [5.74, 6) is -1.88. The summed E-state index contributed by atoms with van der Waals surface area (Å²) < 4.78 is 11.1. The molecule has 3 aliphatic heterocycles. The Balaban J connectivity index is 1.79. The molecule has 2 aromatic rings. The lowest BCUT2D eigenvalue weighted by atomic mass is 9.81. The number of amides is 2. The lowest BCUT2D eigenvalue weighted by molar-refractivity contribution is -0.145. The van der Waals surface area contributed by atoms with Gasteiger partial charge >= 0.3 is 0 Å². The van der Waals surface area contributed by atoms with E-state index >= 15 is 0 Å². The molecule has 0 aliphatic carbocycles. The van der Waals surface area contributed by atoms with Crippen molar-refractivity contribution in [2.45, 2.75) is 38.3 Å². The van der Waals surface area contributed by atoms with Crippen molar-refractivity contribution in [3.8, 4) is 5.75 Å². The minimum atomic E-state index is -1.76. The molecule has 182 valence electrons. The number of anilines is 1. The minimum absolute atomic E-state index is 0.0840. The normalized spacial score (nSPS) is 25.1. The number of likely N-dealkylation sites (N-methyl/N-ethyl adjacent to an activating group) is 1. The van der Waals surface area contributed by atoms with E-state index in [9.17, 15) is 19.5 Å². The average molecular weight is 477 g/mol. The van der Waals surface area contributed by atoms with E-state index in [1.165, 1.54) is 4.90 Å². The summed E-state index contributed by atoms with van der Waals surface area (Å²) >= 11 is 0. The van der Waals surface area contributed by atoms with E-state index in [2.05, 4.69) is 0 Å². The zero-order chi connectivity index (χ0) is 24.9. The summed E-state index contributed by atoms with van der Waals surface area (Å²) in [5.41, 5.74) is 0.237. The molecule has 8 heteroatoms. The van der Waals surface area contributed by atoms with Gasteiger partial charge in [0.1, 0.15) is 11.5 Å². The molecule has 2 atom stereocenters. The second-order valence-electron chi connectivity index (χ2n) is 9.06. The van der Waals surface area contributed by atoms with Crippen molar-refractivity contribution in [2.24, 2.45) is 0 Å². The quantitative estimate of drug-likeness (QED) is 0.405. The van der Waals surface area contributed by atoms with Crippen LogP contribution < -0.4 is 9.64 Å². The van der Waals surface area contributed by atoms with Gasteiger partial charge in [-0.15, -0.1) is 0 Å². The van der Waals surface area contributed by atoms with E-state index < -0.39 is 23.1 Å².